The highest BCUT2D eigenvalue weighted by atomic mass is 32.1. The maximum absolute atomic E-state index is 12.7. The van der Waals surface area contributed by atoms with Crippen molar-refractivity contribution < 1.29 is 9.53 Å². The SMILES string of the molecule is CCOc1cccc2sc(NC(=O)c3cccc4ccccc34)nc12. The molecule has 0 aliphatic carbocycles. The smallest absolute Gasteiger partial charge is 0.258 e. The van der Waals surface area contributed by atoms with Crippen LogP contribution < -0.4 is 10.1 Å². The Morgan fingerprint density at radius 2 is 1.88 bits per heavy atom. The van der Waals surface area contributed by atoms with E-state index < -0.39 is 0 Å². The number of nitrogens with one attached hydrogen (secondary N) is 1. The zero-order valence-corrected chi connectivity index (χ0v) is 14.5. The Kier molecular flexibility index (Phi) is 4.07. The fourth-order valence-electron chi connectivity index (χ4n) is 2.84. The van der Waals surface area contributed by atoms with Crippen molar-refractivity contribution in [2.24, 2.45) is 0 Å². The first-order chi connectivity index (χ1) is 12.3. The molecule has 1 amide bonds. The molecule has 1 aromatic heterocycles. The maximum Gasteiger partial charge on any atom is 0.258 e. The quantitative estimate of drug-likeness (QED) is 0.558. The first-order valence-electron chi connectivity index (χ1n) is 8.07. The summed E-state index contributed by atoms with van der Waals surface area (Å²) in [7, 11) is 0. The number of fused-ring (bicyclic) bond motifs is 2. The molecule has 0 bridgehead atoms. The van der Waals surface area contributed by atoms with Gasteiger partial charge in [-0.15, -0.1) is 0 Å². The third-order valence-corrected chi connectivity index (χ3v) is 4.87. The fraction of sp³-hybridized carbons (Fsp3) is 0.100. The van der Waals surface area contributed by atoms with Gasteiger partial charge in [-0.2, -0.15) is 0 Å². The molecule has 0 spiro atoms. The molecule has 0 aliphatic heterocycles. The number of anilines is 1. The minimum absolute atomic E-state index is 0.159. The zero-order chi connectivity index (χ0) is 17.2. The van der Waals surface area contributed by atoms with Crippen LogP contribution in [0.15, 0.2) is 60.7 Å². The standard InChI is InChI=1S/C20H16N2O2S/c1-2-24-16-11-6-12-17-18(16)21-20(25-17)22-19(23)15-10-5-8-13-7-3-4-9-14(13)15/h3-12H,2H2,1H3,(H,21,22,23). The van der Waals surface area contributed by atoms with Crippen molar-refractivity contribution in [3.05, 3.63) is 66.2 Å². The van der Waals surface area contributed by atoms with E-state index in [0.717, 1.165) is 26.7 Å². The number of aromatic nitrogens is 1. The van der Waals surface area contributed by atoms with Crippen LogP contribution in [0.3, 0.4) is 0 Å². The zero-order valence-electron chi connectivity index (χ0n) is 13.7. The highest BCUT2D eigenvalue weighted by Crippen LogP contribution is 2.32. The highest BCUT2D eigenvalue weighted by Gasteiger charge is 2.14. The van der Waals surface area contributed by atoms with Gasteiger partial charge in [0.1, 0.15) is 11.3 Å². The number of thiazole rings is 1. The molecular formula is C20H16N2O2S. The molecule has 124 valence electrons. The number of rotatable bonds is 4. The van der Waals surface area contributed by atoms with Gasteiger partial charge in [0.25, 0.3) is 5.91 Å². The van der Waals surface area contributed by atoms with Gasteiger partial charge in [-0.3, -0.25) is 10.1 Å². The van der Waals surface area contributed by atoms with E-state index in [9.17, 15) is 4.79 Å². The number of ether oxygens (including phenoxy) is 1. The van der Waals surface area contributed by atoms with E-state index in [-0.39, 0.29) is 5.91 Å². The van der Waals surface area contributed by atoms with Crippen LogP contribution in [-0.4, -0.2) is 17.5 Å². The average molecular weight is 348 g/mol. The largest absolute Gasteiger partial charge is 0.492 e. The normalized spacial score (nSPS) is 10.9. The molecule has 3 aromatic carbocycles. The molecule has 0 saturated heterocycles. The molecule has 1 N–H and O–H groups in total. The maximum atomic E-state index is 12.7. The highest BCUT2D eigenvalue weighted by molar-refractivity contribution is 7.22. The van der Waals surface area contributed by atoms with Crippen molar-refractivity contribution in [2.45, 2.75) is 6.92 Å². The van der Waals surface area contributed by atoms with Gasteiger partial charge in [-0.1, -0.05) is 53.8 Å². The van der Waals surface area contributed by atoms with Gasteiger partial charge in [0.2, 0.25) is 0 Å². The van der Waals surface area contributed by atoms with E-state index in [0.29, 0.717) is 17.3 Å². The number of carbonyl (C=O) groups is 1. The molecule has 4 aromatic rings. The molecule has 5 heteroatoms. The van der Waals surface area contributed by atoms with Crippen LogP contribution in [-0.2, 0) is 0 Å². The van der Waals surface area contributed by atoms with Crippen molar-refractivity contribution in [3.63, 3.8) is 0 Å². The van der Waals surface area contributed by atoms with Gasteiger partial charge in [-0.05, 0) is 35.9 Å². The predicted molar refractivity (Wildman–Crippen MR) is 103 cm³/mol. The van der Waals surface area contributed by atoms with Gasteiger partial charge in [-0.25, -0.2) is 4.98 Å². The molecule has 0 fully saturated rings. The molecule has 4 nitrogen and oxygen atoms in total. The Balaban J connectivity index is 1.69. The summed E-state index contributed by atoms with van der Waals surface area (Å²) < 4.78 is 6.60. The summed E-state index contributed by atoms with van der Waals surface area (Å²) >= 11 is 1.44. The Hall–Kier alpha value is -2.92. The van der Waals surface area contributed by atoms with Gasteiger partial charge < -0.3 is 4.74 Å². The van der Waals surface area contributed by atoms with E-state index >= 15 is 0 Å². The lowest BCUT2D eigenvalue weighted by Crippen LogP contribution is -2.12. The Morgan fingerprint density at radius 3 is 2.76 bits per heavy atom. The third-order valence-electron chi connectivity index (χ3n) is 3.94. The van der Waals surface area contributed by atoms with Crippen LogP contribution in [0.25, 0.3) is 21.0 Å². The summed E-state index contributed by atoms with van der Waals surface area (Å²) in [6, 6.07) is 19.4. The number of para-hydroxylation sites is 1. The molecule has 0 saturated carbocycles. The Labute approximate surface area is 149 Å². The lowest BCUT2D eigenvalue weighted by Gasteiger charge is -2.06. The van der Waals surface area contributed by atoms with Crippen molar-refractivity contribution in [1.82, 2.24) is 4.98 Å². The Bertz CT molecular complexity index is 1070. The summed E-state index contributed by atoms with van der Waals surface area (Å²) in [6.45, 7) is 2.52. The van der Waals surface area contributed by atoms with Gasteiger partial charge in [0, 0.05) is 5.56 Å². The van der Waals surface area contributed by atoms with Crippen LogP contribution in [0.1, 0.15) is 17.3 Å². The second kappa shape index (κ2) is 6.53. The number of benzene rings is 3. The summed E-state index contributed by atoms with van der Waals surface area (Å²) in [5.74, 6) is 0.579. The number of nitrogens with zero attached hydrogens (tertiary/aromatic N) is 1. The van der Waals surface area contributed by atoms with Crippen molar-refractivity contribution in [1.29, 1.82) is 0 Å². The van der Waals surface area contributed by atoms with Gasteiger partial charge in [0.15, 0.2) is 5.13 Å². The van der Waals surface area contributed by atoms with Crippen LogP contribution in [0.5, 0.6) is 5.75 Å². The minimum atomic E-state index is -0.159. The van der Waals surface area contributed by atoms with E-state index in [1.165, 1.54) is 11.3 Å². The van der Waals surface area contributed by atoms with E-state index in [2.05, 4.69) is 10.3 Å². The van der Waals surface area contributed by atoms with Crippen LogP contribution in [0.2, 0.25) is 0 Å². The van der Waals surface area contributed by atoms with Crippen LogP contribution in [0, 0.1) is 0 Å². The second-order valence-corrected chi connectivity index (χ2v) is 6.57. The summed E-state index contributed by atoms with van der Waals surface area (Å²) in [5.41, 5.74) is 1.42. The molecule has 4 rings (SSSR count). The van der Waals surface area contributed by atoms with Crippen molar-refractivity contribution in [3.8, 4) is 5.75 Å². The molecule has 25 heavy (non-hydrogen) atoms. The molecule has 0 unspecified atom stereocenters. The molecule has 1 heterocycles. The molecule has 0 aliphatic rings. The van der Waals surface area contributed by atoms with Crippen LogP contribution >= 0.6 is 11.3 Å². The number of hydrogen-bond donors (Lipinski definition) is 1. The molecule has 0 radical (unpaired) electrons. The van der Waals surface area contributed by atoms with Crippen molar-refractivity contribution in [2.75, 3.05) is 11.9 Å². The number of carbonyl (C=O) groups excluding carboxylic acids is 1. The second-order valence-electron chi connectivity index (χ2n) is 5.54. The monoisotopic (exact) mass is 348 g/mol. The molecule has 0 atom stereocenters. The van der Waals surface area contributed by atoms with E-state index in [1.807, 2.05) is 67.6 Å². The summed E-state index contributed by atoms with van der Waals surface area (Å²) in [5, 5.41) is 5.46. The fourth-order valence-corrected chi connectivity index (χ4v) is 3.72. The van der Waals surface area contributed by atoms with Crippen LogP contribution in [0.4, 0.5) is 5.13 Å². The summed E-state index contributed by atoms with van der Waals surface area (Å²) in [4.78, 5) is 17.3. The van der Waals surface area contributed by atoms with Gasteiger partial charge in [0.05, 0.1) is 11.3 Å². The lowest BCUT2D eigenvalue weighted by atomic mass is 10.0. The summed E-state index contributed by atoms with van der Waals surface area (Å²) in [6.07, 6.45) is 0. The van der Waals surface area contributed by atoms with E-state index in [1.54, 1.807) is 0 Å². The lowest BCUT2D eigenvalue weighted by molar-refractivity contribution is 0.102. The Morgan fingerprint density at radius 1 is 1.08 bits per heavy atom. The first-order valence-corrected chi connectivity index (χ1v) is 8.89. The topological polar surface area (TPSA) is 51.2 Å². The first kappa shape index (κ1) is 15.6. The average Bonchev–Trinajstić information content (AvgIpc) is 3.05. The van der Waals surface area contributed by atoms with Crippen molar-refractivity contribution >= 4 is 43.4 Å². The van der Waals surface area contributed by atoms with E-state index in [4.69, 9.17) is 4.74 Å². The minimum Gasteiger partial charge on any atom is -0.492 e. The number of hydrogen-bond acceptors (Lipinski definition) is 4. The third kappa shape index (κ3) is 2.94. The molecular weight excluding hydrogens is 332 g/mol. The van der Waals surface area contributed by atoms with Gasteiger partial charge >= 0.3 is 0 Å². The predicted octanol–water partition coefficient (Wildman–Crippen LogP) is 5.10. The number of amides is 1.